The van der Waals surface area contributed by atoms with Crippen molar-refractivity contribution in [3.05, 3.63) is 53.7 Å². The van der Waals surface area contributed by atoms with Crippen molar-refractivity contribution < 1.29 is 4.79 Å². The fraction of sp³-hybridized carbons (Fsp3) is 0.400. The Morgan fingerprint density at radius 3 is 2.38 bits per heavy atom. The van der Waals surface area contributed by atoms with Crippen LogP contribution < -0.4 is 5.32 Å². The molecule has 0 aliphatic heterocycles. The molecule has 0 unspecified atom stereocenters. The maximum absolute atomic E-state index is 12.5. The number of hydrogen-bond donors (Lipinski definition) is 1. The number of hydrogen-bond acceptors (Lipinski definition) is 3. The molecule has 4 nitrogen and oxygen atoms in total. The van der Waals surface area contributed by atoms with Crippen molar-refractivity contribution in [2.45, 2.75) is 20.8 Å². The van der Waals surface area contributed by atoms with Gasteiger partial charge in [0.05, 0.1) is 17.0 Å². The number of nitrogens with one attached hydrogen (secondary N) is 1. The molecule has 4 heteroatoms. The van der Waals surface area contributed by atoms with E-state index >= 15 is 0 Å². The van der Waals surface area contributed by atoms with Gasteiger partial charge in [0.2, 0.25) is 0 Å². The minimum Gasteiger partial charge on any atom is -0.351 e. The number of rotatable bonds is 6. The Labute approximate surface area is 144 Å². The summed E-state index contributed by atoms with van der Waals surface area (Å²) in [4.78, 5) is 19.2. The number of aromatic nitrogens is 1. The maximum Gasteiger partial charge on any atom is 0.253 e. The van der Waals surface area contributed by atoms with Crippen LogP contribution in [0.3, 0.4) is 0 Å². The lowest BCUT2D eigenvalue weighted by atomic mass is 9.93. The molecule has 1 amide bonds. The molecule has 1 aromatic carbocycles. The molecule has 0 bridgehead atoms. The number of carbonyl (C=O) groups is 1. The van der Waals surface area contributed by atoms with Crippen molar-refractivity contribution in [3.63, 3.8) is 0 Å². The van der Waals surface area contributed by atoms with Gasteiger partial charge in [-0.15, -0.1) is 0 Å². The molecule has 1 heterocycles. The summed E-state index contributed by atoms with van der Waals surface area (Å²) in [7, 11) is 4.08. The van der Waals surface area contributed by atoms with Gasteiger partial charge in [-0.05, 0) is 38.6 Å². The van der Waals surface area contributed by atoms with Crippen LogP contribution in [-0.4, -0.2) is 43.0 Å². The summed E-state index contributed by atoms with van der Waals surface area (Å²) in [5.74, 6) is -0.0635. The van der Waals surface area contributed by atoms with Crippen molar-refractivity contribution >= 4 is 5.91 Å². The van der Waals surface area contributed by atoms with Crippen LogP contribution >= 0.6 is 0 Å². The van der Waals surface area contributed by atoms with Crippen molar-refractivity contribution in [1.29, 1.82) is 0 Å². The number of benzene rings is 1. The molecular weight excluding hydrogens is 298 g/mol. The van der Waals surface area contributed by atoms with Crippen LogP contribution in [0.25, 0.3) is 11.3 Å². The standard InChI is InChI=1S/C20H27N3O/c1-15-17(19(24)21-13-20(2,3)14-23(4)5)11-12-18(22-15)16-9-7-6-8-10-16/h6-12H,13-14H2,1-5H3,(H,21,24). The van der Waals surface area contributed by atoms with E-state index in [0.29, 0.717) is 12.1 Å². The highest BCUT2D eigenvalue weighted by molar-refractivity contribution is 5.95. The van der Waals surface area contributed by atoms with Gasteiger partial charge in [0, 0.05) is 18.7 Å². The summed E-state index contributed by atoms with van der Waals surface area (Å²) < 4.78 is 0. The quantitative estimate of drug-likeness (QED) is 0.885. The lowest BCUT2D eigenvalue weighted by molar-refractivity contribution is 0.0928. The first-order valence-electron chi connectivity index (χ1n) is 8.24. The molecule has 1 N–H and O–H groups in total. The molecule has 0 spiro atoms. The molecule has 24 heavy (non-hydrogen) atoms. The Morgan fingerprint density at radius 1 is 1.12 bits per heavy atom. The molecule has 0 fully saturated rings. The first-order valence-corrected chi connectivity index (χ1v) is 8.24. The Balaban J connectivity index is 2.08. The maximum atomic E-state index is 12.5. The third-order valence-electron chi connectivity index (χ3n) is 3.87. The predicted molar refractivity (Wildman–Crippen MR) is 99.1 cm³/mol. The zero-order valence-electron chi connectivity index (χ0n) is 15.3. The average molecular weight is 325 g/mol. The number of carbonyl (C=O) groups excluding carboxylic acids is 1. The van der Waals surface area contributed by atoms with Gasteiger partial charge >= 0.3 is 0 Å². The largest absolute Gasteiger partial charge is 0.351 e. The zero-order valence-corrected chi connectivity index (χ0v) is 15.3. The Bertz CT molecular complexity index is 693. The zero-order chi connectivity index (χ0) is 17.7. The normalized spacial score (nSPS) is 11.6. The van der Waals surface area contributed by atoms with Crippen LogP contribution in [0.15, 0.2) is 42.5 Å². The van der Waals surface area contributed by atoms with E-state index < -0.39 is 0 Å². The molecule has 0 saturated heterocycles. The minimum absolute atomic E-state index is 0.0183. The highest BCUT2D eigenvalue weighted by Crippen LogP contribution is 2.19. The molecule has 0 aliphatic carbocycles. The van der Waals surface area contributed by atoms with E-state index in [1.54, 1.807) is 0 Å². The van der Waals surface area contributed by atoms with Gasteiger partial charge in [-0.1, -0.05) is 44.2 Å². The van der Waals surface area contributed by atoms with Gasteiger partial charge in [0.15, 0.2) is 0 Å². The molecule has 0 radical (unpaired) electrons. The second-order valence-corrected chi connectivity index (χ2v) is 7.28. The second kappa shape index (κ2) is 7.58. The fourth-order valence-electron chi connectivity index (χ4n) is 2.90. The van der Waals surface area contributed by atoms with Crippen LogP contribution in [-0.2, 0) is 0 Å². The molecule has 128 valence electrons. The van der Waals surface area contributed by atoms with Crippen LogP contribution in [0.2, 0.25) is 0 Å². The summed E-state index contributed by atoms with van der Waals surface area (Å²) in [6, 6.07) is 13.8. The van der Waals surface area contributed by atoms with E-state index in [2.05, 4.69) is 29.0 Å². The van der Waals surface area contributed by atoms with E-state index in [0.717, 1.165) is 23.5 Å². The molecular formula is C20H27N3O. The Kier molecular flexibility index (Phi) is 5.73. The van der Waals surface area contributed by atoms with Gasteiger partial charge in [-0.3, -0.25) is 9.78 Å². The molecule has 0 saturated carbocycles. The van der Waals surface area contributed by atoms with Crippen molar-refractivity contribution in [1.82, 2.24) is 15.2 Å². The summed E-state index contributed by atoms with van der Waals surface area (Å²) in [5.41, 5.74) is 3.34. The smallest absolute Gasteiger partial charge is 0.253 e. The summed E-state index contributed by atoms with van der Waals surface area (Å²) >= 11 is 0. The molecule has 2 aromatic rings. The molecule has 0 aliphatic rings. The Morgan fingerprint density at radius 2 is 1.79 bits per heavy atom. The van der Waals surface area contributed by atoms with E-state index in [9.17, 15) is 4.79 Å². The van der Waals surface area contributed by atoms with Crippen LogP contribution in [0.1, 0.15) is 29.9 Å². The van der Waals surface area contributed by atoms with E-state index in [1.165, 1.54) is 0 Å². The van der Waals surface area contributed by atoms with Crippen molar-refractivity contribution in [2.75, 3.05) is 27.2 Å². The minimum atomic E-state index is -0.0635. The highest BCUT2D eigenvalue weighted by Gasteiger charge is 2.21. The van der Waals surface area contributed by atoms with Gasteiger partial charge in [-0.25, -0.2) is 0 Å². The molecule has 2 rings (SSSR count). The number of aryl methyl sites for hydroxylation is 1. The van der Waals surface area contributed by atoms with Crippen LogP contribution in [0.4, 0.5) is 0 Å². The third-order valence-corrected chi connectivity index (χ3v) is 3.87. The summed E-state index contributed by atoms with van der Waals surface area (Å²) in [6.07, 6.45) is 0. The van der Waals surface area contributed by atoms with Gasteiger partial charge in [0.25, 0.3) is 5.91 Å². The van der Waals surface area contributed by atoms with Gasteiger partial charge in [-0.2, -0.15) is 0 Å². The number of amides is 1. The van der Waals surface area contributed by atoms with Gasteiger partial charge in [0.1, 0.15) is 0 Å². The lowest BCUT2D eigenvalue weighted by Crippen LogP contribution is -2.40. The molecule has 0 atom stereocenters. The monoisotopic (exact) mass is 325 g/mol. The topological polar surface area (TPSA) is 45.2 Å². The summed E-state index contributed by atoms with van der Waals surface area (Å²) in [5, 5.41) is 3.04. The third kappa shape index (κ3) is 4.90. The molecule has 1 aromatic heterocycles. The summed E-state index contributed by atoms with van der Waals surface area (Å²) in [6.45, 7) is 7.72. The Hall–Kier alpha value is -2.20. The van der Waals surface area contributed by atoms with E-state index in [1.807, 2.05) is 63.5 Å². The first kappa shape index (κ1) is 18.1. The lowest BCUT2D eigenvalue weighted by Gasteiger charge is -2.28. The average Bonchev–Trinajstić information content (AvgIpc) is 2.52. The van der Waals surface area contributed by atoms with E-state index in [4.69, 9.17) is 0 Å². The van der Waals surface area contributed by atoms with Crippen LogP contribution in [0.5, 0.6) is 0 Å². The highest BCUT2D eigenvalue weighted by atomic mass is 16.1. The van der Waals surface area contributed by atoms with Crippen LogP contribution in [0, 0.1) is 12.3 Å². The first-order chi connectivity index (χ1) is 11.3. The van der Waals surface area contributed by atoms with Gasteiger partial charge < -0.3 is 10.2 Å². The predicted octanol–water partition coefficient (Wildman–Crippen LogP) is 3.37. The van der Waals surface area contributed by atoms with Crippen molar-refractivity contribution in [2.24, 2.45) is 5.41 Å². The van der Waals surface area contributed by atoms with Crippen molar-refractivity contribution in [3.8, 4) is 11.3 Å². The fourth-order valence-corrected chi connectivity index (χ4v) is 2.90. The number of nitrogens with zero attached hydrogens (tertiary/aromatic N) is 2. The van der Waals surface area contributed by atoms with E-state index in [-0.39, 0.29) is 11.3 Å². The number of pyridine rings is 1. The second-order valence-electron chi connectivity index (χ2n) is 7.28. The SMILES string of the molecule is Cc1nc(-c2ccccc2)ccc1C(=O)NCC(C)(C)CN(C)C.